The molecule has 0 heterocycles. The van der Waals surface area contributed by atoms with Crippen LogP contribution in [0, 0.1) is 35.0 Å². The fourth-order valence-corrected chi connectivity index (χ4v) is 5.26. The predicted octanol–water partition coefficient (Wildman–Crippen LogP) is 5.20. The molecule has 2 aliphatic rings. The van der Waals surface area contributed by atoms with Gasteiger partial charge in [-0.2, -0.15) is 26.3 Å². The molecule has 2 saturated carbocycles. The highest BCUT2D eigenvalue weighted by Gasteiger charge is 2.71. The van der Waals surface area contributed by atoms with Crippen molar-refractivity contribution in [1.82, 2.24) is 0 Å². The molecule has 2 rings (SSSR count). The van der Waals surface area contributed by atoms with Gasteiger partial charge in [0.1, 0.15) is 0 Å². The number of rotatable bonds is 4. The van der Waals surface area contributed by atoms with E-state index in [1.165, 1.54) is 0 Å². The van der Waals surface area contributed by atoms with Crippen molar-refractivity contribution < 1.29 is 36.2 Å². The Morgan fingerprint density at radius 3 is 1.85 bits per heavy atom. The zero-order valence-corrected chi connectivity index (χ0v) is 15.7. The van der Waals surface area contributed by atoms with E-state index in [1.54, 1.807) is 0 Å². The molecule has 154 valence electrons. The molecule has 26 heavy (non-hydrogen) atoms. The Morgan fingerprint density at radius 1 is 0.962 bits per heavy atom. The van der Waals surface area contributed by atoms with Gasteiger partial charge in [0.2, 0.25) is 0 Å². The van der Waals surface area contributed by atoms with Gasteiger partial charge in [0, 0.05) is 0 Å². The van der Waals surface area contributed by atoms with Gasteiger partial charge >= 0.3 is 12.4 Å². The molecular formula is C18H28F6O2. The first kappa shape index (κ1) is 21.8. The molecule has 2 bridgehead atoms. The monoisotopic (exact) mass is 390 g/mol. The van der Waals surface area contributed by atoms with Crippen LogP contribution in [0.5, 0.6) is 0 Å². The summed E-state index contributed by atoms with van der Waals surface area (Å²) >= 11 is 0. The summed E-state index contributed by atoms with van der Waals surface area (Å²) in [5.74, 6) is 1.08. The average Bonchev–Trinajstić information content (AvgIpc) is 2.98. The molecule has 2 nitrogen and oxygen atoms in total. The van der Waals surface area contributed by atoms with Crippen molar-refractivity contribution in [2.75, 3.05) is 6.61 Å². The van der Waals surface area contributed by atoms with Crippen molar-refractivity contribution >= 4 is 0 Å². The van der Waals surface area contributed by atoms with Gasteiger partial charge in [-0.3, -0.25) is 0 Å². The summed E-state index contributed by atoms with van der Waals surface area (Å²) in [5, 5.41) is 9.31. The van der Waals surface area contributed by atoms with Gasteiger partial charge in [0.25, 0.3) is 5.60 Å². The van der Waals surface area contributed by atoms with Gasteiger partial charge in [-0.15, -0.1) is 0 Å². The normalized spacial score (nSPS) is 33.3. The minimum absolute atomic E-state index is 0.0851. The van der Waals surface area contributed by atoms with E-state index in [1.807, 2.05) is 20.8 Å². The first-order chi connectivity index (χ1) is 11.5. The highest BCUT2D eigenvalue weighted by atomic mass is 19.4. The number of hydrogen-bond acceptors (Lipinski definition) is 2. The highest BCUT2D eigenvalue weighted by molar-refractivity contribution is 5.06. The van der Waals surface area contributed by atoms with Crippen LogP contribution in [0.1, 0.15) is 47.5 Å². The zero-order valence-electron chi connectivity index (χ0n) is 15.7. The summed E-state index contributed by atoms with van der Waals surface area (Å²) < 4.78 is 82.2. The van der Waals surface area contributed by atoms with Gasteiger partial charge in [-0.1, -0.05) is 34.6 Å². The maximum Gasteiger partial charge on any atom is 0.428 e. The third-order valence-electron chi connectivity index (χ3n) is 6.22. The Bertz CT molecular complexity index is 491. The lowest BCUT2D eigenvalue weighted by atomic mass is 9.62. The standard InChI is InChI=1S/C18H28F6O2/c1-9(2)13-10-6-11(14(13)15(3,4)5)12(7-10)26-8-16(25,17(19,20)21)18(22,23)24/h9-14,25H,6-8H2,1-5H3. The van der Waals surface area contributed by atoms with Gasteiger partial charge in [-0.25, -0.2) is 0 Å². The molecule has 0 aromatic heterocycles. The number of alkyl halides is 6. The lowest BCUT2D eigenvalue weighted by molar-refractivity contribution is -0.380. The van der Waals surface area contributed by atoms with E-state index >= 15 is 0 Å². The second-order valence-corrected chi connectivity index (χ2v) is 9.31. The van der Waals surface area contributed by atoms with E-state index < -0.39 is 30.7 Å². The third kappa shape index (κ3) is 3.60. The fraction of sp³-hybridized carbons (Fsp3) is 1.00. The maximum absolute atomic E-state index is 12.8. The summed E-state index contributed by atoms with van der Waals surface area (Å²) in [6, 6.07) is 0. The number of hydrogen-bond donors (Lipinski definition) is 1. The van der Waals surface area contributed by atoms with E-state index in [0.717, 1.165) is 6.42 Å². The quantitative estimate of drug-likeness (QED) is 0.669. The summed E-state index contributed by atoms with van der Waals surface area (Å²) in [6.45, 7) is 8.54. The number of halogens is 6. The van der Waals surface area contributed by atoms with Crippen molar-refractivity contribution in [2.45, 2.75) is 71.5 Å². The minimum atomic E-state index is -5.84. The molecule has 1 N–H and O–H groups in total. The van der Waals surface area contributed by atoms with Crippen LogP contribution < -0.4 is 0 Å². The lowest BCUT2D eigenvalue weighted by Gasteiger charge is -2.45. The summed E-state index contributed by atoms with van der Waals surface area (Å²) in [4.78, 5) is 0. The number of fused-ring (bicyclic) bond motifs is 2. The van der Waals surface area contributed by atoms with Crippen LogP contribution in [0.2, 0.25) is 0 Å². The van der Waals surface area contributed by atoms with Crippen molar-refractivity contribution in [3.05, 3.63) is 0 Å². The Kier molecular flexibility index (Phi) is 5.48. The molecule has 0 saturated heterocycles. The van der Waals surface area contributed by atoms with E-state index in [-0.39, 0.29) is 23.2 Å². The van der Waals surface area contributed by atoms with Crippen LogP contribution in [0.25, 0.3) is 0 Å². The zero-order chi connectivity index (χ0) is 20.3. The van der Waals surface area contributed by atoms with Crippen molar-refractivity contribution in [2.24, 2.45) is 35.0 Å². The molecule has 8 heteroatoms. The van der Waals surface area contributed by atoms with E-state index in [0.29, 0.717) is 18.3 Å². The summed E-state index contributed by atoms with van der Waals surface area (Å²) in [7, 11) is 0. The molecule has 0 aromatic rings. The molecule has 0 radical (unpaired) electrons. The Hall–Kier alpha value is -0.500. The van der Waals surface area contributed by atoms with Gasteiger partial charge < -0.3 is 9.84 Å². The van der Waals surface area contributed by atoms with Gasteiger partial charge in [0.05, 0.1) is 12.7 Å². The van der Waals surface area contributed by atoms with Gasteiger partial charge in [-0.05, 0) is 47.8 Å². The van der Waals surface area contributed by atoms with Gasteiger partial charge in [0.15, 0.2) is 0 Å². The van der Waals surface area contributed by atoms with Crippen molar-refractivity contribution in [1.29, 1.82) is 0 Å². The second kappa shape index (κ2) is 6.54. The molecule has 5 unspecified atom stereocenters. The average molecular weight is 390 g/mol. The fourth-order valence-electron chi connectivity index (χ4n) is 5.26. The second-order valence-electron chi connectivity index (χ2n) is 9.31. The third-order valence-corrected chi connectivity index (χ3v) is 6.22. The summed E-state index contributed by atoms with van der Waals surface area (Å²) in [5.41, 5.74) is -4.96. The van der Waals surface area contributed by atoms with Crippen molar-refractivity contribution in [3.63, 3.8) is 0 Å². The van der Waals surface area contributed by atoms with Crippen LogP contribution in [0.15, 0.2) is 0 Å². The largest absolute Gasteiger partial charge is 0.428 e. The molecule has 2 fully saturated rings. The summed E-state index contributed by atoms with van der Waals surface area (Å²) in [6.07, 6.45) is -11.2. The smallest absolute Gasteiger partial charge is 0.374 e. The molecule has 0 spiro atoms. The molecule has 0 aliphatic heterocycles. The van der Waals surface area contributed by atoms with Crippen LogP contribution in [0.3, 0.4) is 0 Å². The van der Waals surface area contributed by atoms with E-state index in [2.05, 4.69) is 13.8 Å². The number of aliphatic hydroxyl groups is 1. The highest BCUT2D eigenvalue weighted by Crippen LogP contribution is 2.61. The molecule has 5 atom stereocenters. The maximum atomic E-state index is 12.8. The SMILES string of the molecule is CC(C)C1C2CC(OCC(O)(C(F)(F)F)C(F)(F)F)C(C2)C1C(C)(C)C. The number of ether oxygens (including phenoxy) is 1. The molecule has 0 amide bonds. The van der Waals surface area contributed by atoms with Crippen molar-refractivity contribution in [3.8, 4) is 0 Å². The van der Waals surface area contributed by atoms with E-state index in [9.17, 15) is 31.4 Å². The van der Waals surface area contributed by atoms with Crippen LogP contribution in [-0.4, -0.2) is 35.8 Å². The van der Waals surface area contributed by atoms with Crippen LogP contribution >= 0.6 is 0 Å². The topological polar surface area (TPSA) is 29.5 Å². The molecular weight excluding hydrogens is 362 g/mol. The predicted molar refractivity (Wildman–Crippen MR) is 84.3 cm³/mol. The molecule has 2 aliphatic carbocycles. The minimum Gasteiger partial charge on any atom is -0.374 e. The Labute approximate surface area is 150 Å². The molecule has 0 aromatic carbocycles. The Balaban J connectivity index is 2.18. The van der Waals surface area contributed by atoms with Crippen LogP contribution in [-0.2, 0) is 4.74 Å². The first-order valence-corrected chi connectivity index (χ1v) is 8.98. The van der Waals surface area contributed by atoms with Crippen LogP contribution in [0.4, 0.5) is 26.3 Å². The van der Waals surface area contributed by atoms with E-state index in [4.69, 9.17) is 4.74 Å². The first-order valence-electron chi connectivity index (χ1n) is 8.98. The lowest BCUT2D eigenvalue weighted by Crippen LogP contribution is -2.60. The Morgan fingerprint density at radius 2 is 1.46 bits per heavy atom.